The van der Waals surface area contributed by atoms with Crippen molar-refractivity contribution in [1.82, 2.24) is 19.4 Å². The quantitative estimate of drug-likeness (QED) is 0.217. The third-order valence-corrected chi connectivity index (χ3v) is 6.49. The molecule has 1 aromatic carbocycles. The van der Waals surface area contributed by atoms with E-state index in [2.05, 4.69) is 42.4 Å². The monoisotopic (exact) mass is 606 g/mol. The fourth-order valence-corrected chi connectivity index (χ4v) is 4.59. The maximum atomic E-state index is 13.5. The van der Waals surface area contributed by atoms with E-state index >= 15 is 0 Å². The highest BCUT2D eigenvalue weighted by molar-refractivity contribution is 14.1. The molecule has 3 aromatic heterocycles. The Hall–Kier alpha value is -3.22. The second-order valence-electron chi connectivity index (χ2n) is 8.48. The molecule has 0 radical (unpaired) electrons. The normalized spacial score (nSPS) is 14.4. The molecule has 1 aliphatic heterocycles. The van der Waals surface area contributed by atoms with Crippen molar-refractivity contribution < 1.29 is 18.3 Å². The molecule has 0 saturated carbocycles. The molecule has 188 valence electrons. The molecule has 11 heteroatoms. The van der Waals surface area contributed by atoms with Crippen molar-refractivity contribution in [3.8, 4) is 22.8 Å². The van der Waals surface area contributed by atoms with Crippen LogP contribution in [0.2, 0.25) is 0 Å². The molecule has 1 saturated heterocycles. The van der Waals surface area contributed by atoms with Gasteiger partial charge in [0.2, 0.25) is 5.95 Å². The molecule has 1 aliphatic rings. The van der Waals surface area contributed by atoms with E-state index in [1.54, 1.807) is 19.4 Å². The van der Waals surface area contributed by atoms with E-state index in [0.29, 0.717) is 48.1 Å². The summed E-state index contributed by atoms with van der Waals surface area (Å²) in [6.07, 6.45) is 4.92. The number of hydrogen-bond donors (Lipinski definition) is 0. The molecule has 5 rings (SSSR count). The Balaban J connectivity index is 1.40. The highest BCUT2D eigenvalue weighted by Crippen LogP contribution is 2.34. The number of methoxy groups -OCH3 is 1. The van der Waals surface area contributed by atoms with Gasteiger partial charge in [-0.25, -0.2) is 23.7 Å². The van der Waals surface area contributed by atoms with E-state index < -0.39 is 5.92 Å². The number of imidazole rings is 1. The maximum absolute atomic E-state index is 13.5. The molecular formula is C25H25F2IN6O2. The lowest BCUT2D eigenvalue weighted by molar-refractivity contribution is 0.0171. The van der Waals surface area contributed by atoms with Gasteiger partial charge in [0.1, 0.15) is 16.1 Å². The first-order valence-corrected chi connectivity index (χ1v) is 13.0. The number of nitrogens with zero attached hydrogens (tertiary/aromatic N) is 6. The predicted molar refractivity (Wildman–Crippen MR) is 143 cm³/mol. The molecule has 1 fully saturated rings. The molecule has 0 atom stereocenters. The Bertz CT molecular complexity index is 1350. The summed E-state index contributed by atoms with van der Waals surface area (Å²) in [4.78, 5) is 18.1. The second kappa shape index (κ2) is 10.0. The first-order valence-electron chi connectivity index (χ1n) is 11.4. The third kappa shape index (κ3) is 4.88. The van der Waals surface area contributed by atoms with Crippen LogP contribution in [0.5, 0.6) is 11.5 Å². The number of alkyl halides is 3. The number of halogens is 3. The SMILES string of the molecule is COc1ccc(-c2cc3nccn3c(N3CCN(c4ccc(C(C)(F)F)cn4)CC3)n2)cc1OCI. The number of fused-ring (bicyclic) bond motifs is 1. The number of benzene rings is 1. The van der Waals surface area contributed by atoms with Gasteiger partial charge >= 0.3 is 0 Å². The van der Waals surface area contributed by atoms with Gasteiger partial charge < -0.3 is 19.3 Å². The Morgan fingerprint density at radius 2 is 1.78 bits per heavy atom. The highest BCUT2D eigenvalue weighted by Gasteiger charge is 2.26. The zero-order chi connectivity index (χ0) is 25.3. The molecule has 0 aliphatic carbocycles. The van der Waals surface area contributed by atoms with Gasteiger partial charge in [-0.3, -0.25) is 4.40 Å². The van der Waals surface area contributed by atoms with Crippen molar-refractivity contribution in [1.29, 1.82) is 0 Å². The van der Waals surface area contributed by atoms with Crippen molar-refractivity contribution in [3.63, 3.8) is 0 Å². The zero-order valence-corrected chi connectivity index (χ0v) is 22.0. The maximum Gasteiger partial charge on any atom is 0.272 e. The van der Waals surface area contributed by atoms with Crippen LogP contribution in [-0.2, 0) is 5.92 Å². The van der Waals surface area contributed by atoms with Gasteiger partial charge in [-0.2, -0.15) is 0 Å². The molecule has 0 unspecified atom stereocenters. The summed E-state index contributed by atoms with van der Waals surface area (Å²) < 4.78 is 40.7. The van der Waals surface area contributed by atoms with Crippen molar-refractivity contribution in [3.05, 3.63) is 60.6 Å². The Kier molecular flexibility index (Phi) is 6.82. The number of rotatable bonds is 7. The van der Waals surface area contributed by atoms with Crippen molar-refractivity contribution >= 4 is 40.0 Å². The van der Waals surface area contributed by atoms with Crippen LogP contribution < -0.4 is 19.3 Å². The van der Waals surface area contributed by atoms with E-state index in [-0.39, 0.29) is 5.56 Å². The fraction of sp³-hybridized carbons (Fsp3) is 0.320. The Morgan fingerprint density at radius 3 is 2.44 bits per heavy atom. The molecule has 0 N–H and O–H groups in total. The van der Waals surface area contributed by atoms with Crippen LogP contribution in [0.4, 0.5) is 20.5 Å². The predicted octanol–water partition coefficient (Wildman–Crippen LogP) is 5.01. The lowest BCUT2D eigenvalue weighted by Crippen LogP contribution is -2.47. The van der Waals surface area contributed by atoms with E-state index in [1.165, 1.54) is 12.3 Å². The number of pyridine rings is 1. The van der Waals surface area contributed by atoms with Crippen LogP contribution in [0.3, 0.4) is 0 Å². The second-order valence-corrected chi connectivity index (χ2v) is 9.11. The minimum atomic E-state index is -2.90. The number of hydrogen-bond acceptors (Lipinski definition) is 7. The van der Waals surface area contributed by atoms with Crippen molar-refractivity contribution in [2.45, 2.75) is 12.8 Å². The summed E-state index contributed by atoms with van der Waals surface area (Å²) in [7, 11) is 1.62. The summed E-state index contributed by atoms with van der Waals surface area (Å²) in [5.74, 6) is -0.0925. The minimum absolute atomic E-state index is 0.0843. The Morgan fingerprint density at radius 1 is 1.00 bits per heavy atom. The van der Waals surface area contributed by atoms with Crippen LogP contribution in [0.1, 0.15) is 12.5 Å². The number of ether oxygens (including phenoxy) is 2. The Labute approximate surface area is 221 Å². The van der Waals surface area contributed by atoms with E-state index in [9.17, 15) is 8.78 Å². The average molecular weight is 606 g/mol. The average Bonchev–Trinajstić information content (AvgIpc) is 3.37. The summed E-state index contributed by atoms with van der Waals surface area (Å²) in [6.45, 7) is 3.65. The molecular weight excluding hydrogens is 581 g/mol. The smallest absolute Gasteiger partial charge is 0.272 e. The number of piperazine rings is 1. The van der Waals surface area contributed by atoms with Gasteiger partial charge in [0.25, 0.3) is 5.92 Å². The summed E-state index contributed by atoms with van der Waals surface area (Å²) in [5, 5.41) is 0. The zero-order valence-electron chi connectivity index (χ0n) is 19.9. The van der Waals surface area contributed by atoms with Gasteiger partial charge in [-0.05, 0) is 52.9 Å². The third-order valence-electron chi connectivity index (χ3n) is 6.18. The molecule has 4 heterocycles. The summed E-state index contributed by atoms with van der Waals surface area (Å²) in [5.41, 5.74) is 2.39. The standard InChI is InChI=1S/C25H25F2IN6O2/c1-25(26,27)18-4-6-22(30-15-18)32-9-11-33(12-10-32)24-31-19(14-23-29-7-8-34(23)24)17-3-5-20(35-2)21(13-17)36-16-28/h3-8,13-15H,9-12,16H2,1-2H3. The molecule has 36 heavy (non-hydrogen) atoms. The van der Waals surface area contributed by atoms with Crippen molar-refractivity contribution in [2.24, 2.45) is 0 Å². The molecule has 0 amide bonds. The van der Waals surface area contributed by atoms with Crippen LogP contribution in [0.15, 0.2) is 55.0 Å². The van der Waals surface area contributed by atoms with Crippen LogP contribution in [0, 0.1) is 0 Å². The van der Waals surface area contributed by atoms with E-state index in [4.69, 9.17) is 14.5 Å². The van der Waals surface area contributed by atoms with E-state index in [1.807, 2.05) is 34.9 Å². The molecule has 0 bridgehead atoms. The van der Waals surface area contributed by atoms with Crippen LogP contribution in [-0.4, -0.2) is 57.3 Å². The summed E-state index contributed by atoms with van der Waals surface area (Å²) in [6, 6.07) is 10.8. The molecule has 8 nitrogen and oxygen atoms in total. The highest BCUT2D eigenvalue weighted by atomic mass is 127. The largest absolute Gasteiger partial charge is 0.493 e. The minimum Gasteiger partial charge on any atom is -0.493 e. The first kappa shape index (κ1) is 24.5. The molecule has 4 aromatic rings. The van der Waals surface area contributed by atoms with Gasteiger partial charge in [0, 0.05) is 68.9 Å². The van der Waals surface area contributed by atoms with Crippen molar-refractivity contribution in [2.75, 3.05) is 47.7 Å². The summed E-state index contributed by atoms with van der Waals surface area (Å²) >= 11 is 2.15. The van der Waals surface area contributed by atoms with Gasteiger partial charge in [0.15, 0.2) is 11.5 Å². The van der Waals surface area contributed by atoms with Crippen LogP contribution >= 0.6 is 22.6 Å². The topological polar surface area (TPSA) is 68.0 Å². The molecule has 0 spiro atoms. The van der Waals surface area contributed by atoms with E-state index in [0.717, 1.165) is 29.8 Å². The van der Waals surface area contributed by atoms with Gasteiger partial charge in [0.05, 0.1) is 12.8 Å². The van der Waals surface area contributed by atoms with Crippen LogP contribution in [0.25, 0.3) is 16.9 Å². The number of aromatic nitrogens is 4. The lowest BCUT2D eigenvalue weighted by atomic mass is 10.1. The first-order chi connectivity index (χ1) is 17.4. The fourth-order valence-electron chi connectivity index (χ4n) is 4.25. The van der Waals surface area contributed by atoms with Gasteiger partial charge in [-0.15, -0.1) is 0 Å². The number of anilines is 2. The van der Waals surface area contributed by atoms with Gasteiger partial charge in [-0.1, -0.05) is 0 Å². The lowest BCUT2D eigenvalue weighted by Gasteiger charge is -2.36.